The fraction of sp³-hybridized carbons (Fsp3) is 0.588. The maximum Gasteiger partial charge on any atom is 0.418 e. The van der Waals surface area contributed by atoms with Crippen molar-refractivity contribution in [1.82, 2.24) is 4.57 Å². The van der Waals surface area contributed by atoms with Crippen LogP contribution in [0.2, 0.25) is 0 Å². The van der Waals surface area contributed by atoms with Crippen LogP contribution in [0.5, 0.6) is 0 Å². The number of quaternary nitrogens is 1. The number of anilines is 1. The van der Waals surface area contributed by atoms with E-state index in [1.165, 1.54) is 36.6 Å². The van der Waals surface area contributed by atoms with Gasteiger partial charge in [0.2, 0.25) is 0 Å². The molecule has 1 unspecified atom stereocenters. The number of aromatic nitrogens is 1. The first-order valence-electron chi connectivity index (χ1n) is 15.9. The summed E-state index contributed by atoms with van der Waals surface area (Å²) >= 11 is 0. The summed E-state index contributed by atoms with van der Waals surface area (Å²) in [7, 11) is 5.72. The minimum Gasteiger partial charge on any atom is -1.00 e. The molecule has 4 rings (SSSR count). The van der Waals surface area contributed by atoms with Gasteiger partial charge in [0.25, 0.3) is 5.91 Å². The van der Waals surface area contributed by atoms with Crippen LogP contribution < -0.4 is 23.5 Å². The van der Waals surface area contributed by atoms with Crippen molar-refractivity contribution in [3.8, 4) is 5.69 Å². The van der Waals surface area contributed by atoms with Crippen molar-refractivity contribution >= 4 is 29.3 Å². The topological polar surface area (TPSA) is 130 Å². The molecule has 3 N–H and O–H groups in total. The molecule has 1 saturated carbocycles. The SMILES string of the molecule is CC(=O)OC(CC(=O)OC1(Nc2cc(-n3c(C)c(C(F)(F)F)c4c3CC(C)(C)CC4=O)ccc2C(N)=O)CCCCC1)C[N+](C)(C)C.[Cl-]. The number of carbonyl (C=O) groups is 4. The van der Waals surface area contributed by atoms with Crippen LogP contribution >= 0.6 is 0 Å². The minimum atomic E-state index is -4.76. The van der Waals surface area contributed by atoms with Crippen molar-refractivity contribution < 1.29 is 58.7 Å². The van der Waals surface area contributed by atoms with Crippen molar-refractivity contribution in [2.24, 2.45) is 11.1 Å². The van der Waals surface area contributed by atoms with Crippen molar-refractivity contribution in [3.63, 3.8) is 0 Å². The average Bonchev–Trinajstić information content (AvgIpc) is 3.18. The van der Waals surface area contributed by atoms with Crippen LogP contribution in [0.1, 0.15) is 103 Å². The number of nitrogens with two attached hydrogens (primary N) is 1. The Hall–Kier alpha value is -3.58. The maximum absolute atomic E-state index is 14.4. The Morgan fingerprint density at radius 2 is 1.71 bits per heavy atom. The minimum absolute atomic E-state index is 0. The molecule has 10 nitrogen and oxygen atoms in total. The molecular weight excluding hydrogens is 653 g/mol. The number of alkyl halides is 3. The molecule has 0 radical (unpaired) electrons. The number of Topliss-reactive ketones (excluding diaryl/α,β-unsaturated/α-hetero) is 1. The lowest BCUT2D eigenvalue weighted by molar-refractivity contribution is -0.873. The Labute approximate surface area is 285 Å². The number of rotatable bonds is 10. The van der Waals surface area contributed by atoms with E-state index >= 15 is 0 Å². The van der Waals surface area contributed by atoms with E-state index in [0.717, 1.165) is 6.42 Å². The first-order chi connectivity index (χ1) is 21.6. The third kappa shape index (κ3) is 8.90. The number of benzene rings is 1. The van der Waals surface area contributed by atoms with Crippen LogP contribution in [0.15, 0.2) is 18.2 Å². The molecule has 14 heteroatoms. The van der Waals surface area contributed by atoms with E-state index in [-0.39, 0.29) is 59.9 Å². The van der Waals surface area contributed by atoms with Gasteiger partial charge in [-0.25, -0.2) is 0 Å². The normalized spacial score (nSPS) is 17.8. The summed E-state index contributed by atoms with van der Waals surface area (Å²) in [6.07, 6.45) is -2.39. The van der Waals surface area contributed by atoms with Crippen molar-refractivity contribution in [2.45, 2.75) is 97.1 Å². The largest absolute Gasteiger partial charge is 1.00 e. The summed E-state index contributed by atoms with van der Waals surface area (Å²) in [4.78, 5) is 50.9. The van der Waals surface area contributed by atoms with Gasteiger partial charge in [0, 0.05) is 43.3 Å². The molecule has 0 bridgehead atoms. The molecule has 0 aliphatic heterocycles. The van der Waals surface area contributed by atoms with Gasteiger partial charge in [0.1, 0.15) is 6.54 Å². The van der Waals surface area contributed by atoms with E-state index in [1.54, 1.807) is 0 Å². The van der Waals surface area contributed by atoms with Crippen LogP contribution in [0.4, 0.5) is 18.9 Å². The van der Waals surface area contributed by atoms with E-state index in [1.807, 2.05) is 35.0 Å². The van der Waals surface area contributed by atoms with Gasteiger partial charge in [-0.2, -0.15) is 13.2 Å². The molecule has 266 valence electrons. The monoisotopic (exact) mass is 698 g/mol. The van der Waals surface area contributed by atoms with Crippen LogP contribution in [0.3, 0.4) is 0 Å². The van der Waals surface area contributed by atoms with E-state index in [0.29, 0.717) is 42.4 Å². The summed E-state index contributed by atoms with van der Waals surface area (Å²) in [5, 5.41) is 3.25. The molecule has 2 aliphatic carbocycles. The van der Waals surface area contributed by atoms with Crippen LogP contribution in [-0.4, -0.2) is 72.2 Å². The summed E-state index contributed by atoms with van der Waals surface area (Å²) in [6.45, 7) is 6.64. The maximum atomic E-state index is 14.4. The van der Waals surface area contributed by atoms with Gasteiger partial charge >= 0.3 is 18.1 Å². The third-order valence-corrected chi connectivity index (χ3v) is 8.69. The number of carbonyl (C=O) groups excluding carboxylic acids is 4. The highest BCUT2D eigenvalue weighted by atomic mass is 35.5. The second-order valence-electron chi connectivity index (χ2n) is 14.7. The van der Waals surface area contributed by atoms with Gasteiger partial charge in [0.05, 0.1) is 49.9 Å². The number of fused-ring (bicyclic) bond motifs is 1. The Morgan fingerprint density at radius 3 is 2.25 bits per heavy atom. The van der Waals surface area contributed by atoms with Gasteiger partial charge in [-0.15, -0.1) is 0 Å². The highest BCUT2D eigenvalue weighted by Gasteiger charge is 2.46. The summed E-state index contributed by atoms with van der Waals surface area (Å²) < 4.78 is 56.6. The van der Waals surface area contributed by atoms with Gasteiger partial charge in [-0.3, -0.25) is 19.2 Å². The van der Waals surface area contributed by atoms with Crippen molar-refractivity contribution in [1.29, 1.82) is 0 Å². The van der Waals surface area contributed by atoms with Crippen LogP contribution in [0, 0.1) is 12.3 Å². The zero-order valence-corrected chi connectivity index (χ0v) is 29.4. The molecule has 0 spiro atoms. The number of hydrogen-bond acceptors (Lipinski definition) is 7. The number of esters is 2. The molecule has 2 aliphatic rings. The van der Waals surface area contributed by atoms with E-state index in [2.05, 4.69) is 5.32 Å². The predicted octanol–water partition coefficient (Wildman–Crippen LogP) is 2.71. The zero-order chi connectivity index (χ0) is 35.1. The molecule has 48 heavy (non-hydrogen) atoms. The highest BCUT2D eigenvalue weighted by Crippen LogP contribution is 2.46. The number of hydrogen-bond donors (Lipinski definition) is 2. The van der Waals surface area contributed by atoms with Gasteiger partial charge in [-0.1, -0.05) is 20.3 Å². The first-order valence-corrected chi connectivity index (χ1v) is 15.9. The van der Waals surface area contributed by atoms with E-state index in [4.69, 9.17) is 15.2 Å². The number of ether oxygens (including phenoxy) is 2. The lowest BCUT2D eigenvalue weighted by atomic mass is 9.75. The molecule has 1 aromatic carbocycles. The van der Waals surface area contributed by atoms with Gasteiger partial charge in [0.15, 0.2) is 17.6 Å². The number of nitrogens with zero attached hydrogens (tertiary/aromatic N) is 2. The number of halogens is 4. The molecule has 2 aromatic rings. The lowest BCUT2D eigenvalue weighted by Crippen LogP contribution is -3.00. The smallest absolute Gasteiger partial charge is 0.418 e. The Bertz CT molecular complexity index is 1570. The molecule has 1 heterocycles. The molecule has 1 amide bonds. The number of ketones is 1. The summed E-state index contributed by atoms with van der Waals surface area (Å²) in [6, 6.07) is 4.44. The second kappa shape index (κ2) is 14.1. The predicted molar refractivity (Wildman–Crippen MR) is 169 cm³/mol. The summed E-state index contributed by atoms with van der Waals surface area (Å²) in [5.74, 6) is -2.48. The van der Waals surface area contributed by atoms with Gasteiger partial charge < -0.3 is 42.0 Å². The van der Waals surface area contributed by atoms with Gasteiger partial charge in [-0.05, 0) is 49.8 Å². The number of likely N-dealkylation sites (N-methyl/N-ethyl adjacent to an activating group) is 1. The summed E-state index contributed by atoms with van der Waals surface area (Å²) in [5.41, 5.74) is 3.28. The zero-order valence-electron chi connectivity index (χ0n) is 28.6. The van der Waals surface area contributed by atoms with Crippen molar-refractivity contribution in [3.05, 3.63) is 46.3 Å². The highest BCUT2D eigenvalue weighted by molar-refractivity contribution is 6.01. The van der Waals surface area contributed by atoms with E-state index in [9.17, 15) is 32.3 Å². The Balaban J connectivity index is 0.00000625. The lowest BCUT2D eigenvalue weighted by Gasteiger charge is -2.39. The quantitative estimate of drug-likeness (QED) is 0.222. The fourth-order valence-corrected chi connectivity index (χ4v) is 7.00. The molecular formula is C34H46ClF3N4O6. The standard InChI is InChI=1S/C34H45F3N4O6.ClH/c1-20-30(34(35,36)37)29-26(17-32(3,4)18-27(29)43)40(20)22-11-12-24(31(38)45)25(15-22)39-33(13-9-8-10-14-33)47-28(44)16-23(46-21(2)42)19-41(5,6)7;/h11-12,15,23H,8-10,13-14,16-19H2,1-7H3,(H2-,38,39,45);1H. The number of primary amides is 1. The molecule has 0 saturated heterocycles. The first kappa shape index (κ1) is 38.9. The third-order valence-electron chi connectivity index (χ3n) is 8.69. The molecule has 1 fully saturated rings. The second-order valence-corrected chi connectivity index (χ2v) is 14.7. The fourth-order valence-electron chi connectivity index (χ4n) is 7.00. The molecule has 1 aromatic heterocycles. The van der Waals surface area contributed by atoms with Crippen LogP contribution in [-0.2, 0) is 31.7 Å². The molecule has 1 atom stereocenters. The van der Waals surface area contributed by atoms with E-state index < -0.39 is 52.6 Å². The number of amides is 1. The average molecular weight is 699 g/mol. The Morgan fingerprint density at radius 1 is 1.08 bits per heavy atom. The number of nitrogens with one attached hydrogen (secondary N) is 1. The Kier molecular flexibility index (Phi) is 11.4. The van der Waals surface area contributed by atoms with Crippen LogP contribution in [0.25, 0.3) is 5.69 Å². The van der Waals surface area contributed by atoms with Crippen molar-refractivity contribution in [2.75, 3.05) is 33.0 Å².